The Bertz CT molecular complexity index is 456. The van der Waals surface area contributed by atoms with Gasteiger partial charge in [0.2, 0.25) is 0 Å². The minimum absolute atomic E-state index is 0.00778. The van der Waals surface area contributed by atoms with E-state index < -0.39 is 0 Å². The monoisotopic (exact) mass is 281 g/mol. The Morgan fingerprint density at radius 2 is 2.26 bits per heavy atom. The smallest absolute Gasteiger partial charge is 0.254 e. The van der Waals surface area contributed by atoms with Gasteiger partial charge in [-0.1, -0.05) is 20.3 Å². The molecule has 19 heavy (non-hydrogen) atoms. The zero-order valence-corrected chi connectivity index (χ0v) is 12.6. The second-order valence-corrected chi connectivity index (χ2v) is 6.11. The van der Waals surface area contributed by atoms with Gasteiger partial charge in [-0.3, -0.25) is 9.69 Å². The van der Waals surface area contributed by atoms with Gasteiger partial charge in [-0.15, -0.1) is 11.3 Å². The molecule has 1 aromatic rings. The van der Waals surface area contributed by atoms with Crippen LogP contribution in [0.4, 0.5) is 5.00 Å². The van der Waals surface area contributed by atoms with Crippen LogP contribution in [-0.4, -0.2) is 30.4 Å². The number of anilines is 1. The molecule has 0 radical (unpaired) electrons. The first-order valence-electron chi connectivity index (χ1n) is 7.07. The van der Waals surface area contributed by atoms with Crippen molar-refractivity contribution in [2.75, 3.05) is 25.4 Å². The molecular formula is C14H23N3OS. The molecule has 0 unspecified atom stereocenters. The van der Waals surface area contributed by atoms with Crippen molar-refractivity contribution in [2.24, 2.45) is 0 Å². The number of nitrogens with one attached hydrogen (secondary N) is 1. The van der Waals surface area contributed by atoms with Crippen LogP contribution in [0.3, 0.4) is 0 Å². The highest BCUT2D eigenvalue weighted by Gasteiger charge is 2.26. The lowest BCUT2D eigenvalue weighted by molar-refractivity contribution is 0.0953. The summed E-state index contributed by atoms with van der Waals surface area (Å²) in [5, 5.41) is 3.65. The first-order chi connectivity index (χ1) is 9.17. The molecule has 4 nitrogen and oxygen atoms in total. The van der Waals surface area contributed by atoms with Crippen molar-refractivity contribution >= 4 is 22.2 Å². The molecule has 0 saturated carbocycles. The molecule has 0 saturated heterocycles. The minimum Gasteiger partial charge on any atom is -0.390 e. The molecular weight excluding hydrogens is 258 g/mol. The van der Waals surface area contributed by atoms with Crippen molar-refractivity contribution in [2.45, 2.75) is 39.7 Å². The number of carbonyl (C=O) groups excluding carboxylic acids is 1. The number of nitrogen functional groups attached to an aromatic ring is 1. The third kappa shape index (κ3) is 3.09. The van der Waals surface area contributed by atoms with E-state index in [0.29, 0.717) is 5.00 Å². The molecule has 0 bridgehead atoms. The van der Waals surface area contributed by atoms with Crippen molar-refractivity contribution in [1.29, 1.82) is 0 Å². The molecule has 5 heteroatoms. The summed E-state index contributed by atoms with van der Waals surface area (Å²) >= 11 is 1.58. The summed E-state index contributed by atoms with van der Waals surface area (Å²) in [4.78, 5) is 15.9. The highest BCUT2D eigenvalue weighted by Crippen LogP contribution is 2.34. The average Bonchev–Trinajstić information content (AvgIpc) is 2.73. The van der Waals surface area contributed by atoms with Crippen LogP contribution in [0.5, 0.6) is 0 Å². The van der Waals surface area contributed by atoms with Gasteiger partial charge in [-0.2, -0.15) is 0 Å². The number of fused-ring (bicyclic) bond motifs is 1. The van der Waals surface area contributed by atoms with Gasteiger partial charge in [0.05, 0.1) is 10.6 Å². The summed E-state index contributed by atoms with van der Waals surface area (Å²) in [5.74, 6) is 0.00778. The van der Waals surface area contributed by atoms with Gasteiger partial charge in [0.25, 0.3) is 5.91 Å². The predicted molar refractivity (Wildman–Crippen MR) is 80.6 cm³/mol. The standard InChI is InChI=1S/C14H23N3OS/c1-3-5-7-16-14(18)12-10-6-8-17(4-2)9-11(10)19-13(12)15/h3-9,15H2,1-2H3,(H,16,18). The lowest BCUT2D eigenvalue weighted by Crippen LogP contribution is -2.31. The van der Waals surface area contributed by atoms with Gasteiger partial charge >= 0.3 is 0 Å². The van der Waals surface area contributed by atoms with Crippen LogP contribution in [0.2, 0.25) is 0 Å². The Labute approximate surface area is 119 Å². The molecule has 0 aliphatic carbocycles. The van der Waals surface area contributed by atoms with Gasteiger partial charge in [0.15, 0.2) is 0 Å². The van der Waals surface area contributed by atoms with E-state index in [-0.39, 0.29) is 5.91 Å². The summed E-state index contributed by atoms with van der Waals surface area (Å²) in [5.41, 5.74) is 7.98. The molecule has 1 aromatic heterocycles. The topological polar surface area (TPSA) is 58.4 Å². The number of rotatable bonds is 5. The van der Waals surface area contributed by atoms with Crippen LogP contribution in [-0.2, 0) is 13.0 Å². The van der Waals surface area contributed by atoms with E-state index in [9.17, 15) is 4.79 Å². The van der Waals surface area contributed by atoms with E-state index >= 15 is 0 Å². The van der Waals surface area contributed by atoms with Crippen molar-refractivity contribution < 1.29 is 4.79 Å². The second kappa shape index (κ2) is 6.39. The van der Waals surface area contributed by atoms with E-state index in [1.807, 2.05) is 0 Å². The number of amides is 1. The Hall–Kier alpha value is -1.07. The van der Waals surface area contributed by atoms with Gasteiger partial charge in [0, 0.05) is 24.5 Å². The number of hydrogen-bond donors (Lipinski definition) is 2. The summed E-state index contributed by atoms with van der Waals surface area (Å²) in [6.07, 6.45) is 3.04. The van der Waals surface area contributed by atoms with Gasteiger partial charge in [0.1, 0.15) is 0 Å². The third-order valence-corrected chi connectivity index (χ3v) is 4.70. The zero-order valence-electron chi connectivity index (χ0n) is 11.8. The predicted octanol–water partition coefficient (Wildman–Crippen LogP) is 2.24. The van der Waals surface area contributed by atoms with Crippen molar-refractivity contribution in [3.05, 3.63) is 16.0 Å². The summed E-state index contributed by atoms with van der Waals surface area (Å²) in [7, 11) is 0. The van der Waals surface area contributed by atoms with E-state index in [1.54, 1.807) is 11.3 Å². The fourth-order valence-corrected chi connectivity index (χ4v) is 3.62. The molecule has 0 fully saturated rings. The maximum absolute atomic E-state index is 12.2. The minimum atomic E-state index is 0.00778. The number of thiophene rings is 1. The SMILES string of the molecule is CCCCNC(=O)c1c(N)sc2c1CCN(CC)C2. The Kier molecular flexibility index (Phi) is 4.82. The molecule has 1 aliphatic heterocycles. The first-order valence-corrected chi connectivity index (χ1v) is 7.89. The molecule has 1 aliphatic rings. The largest absolute Gasteiger partial charge is 0.390 e. The number of likely N-dealkylation sites (N-methyl/N-ethyl adjacent to an activating group) is 1. The molecule has 3 N–H and O–H groups in total. The molecule has 0 spiro atoms. The van der Waals surface area contributed by atoms with Gasteiger partial charge in [-0.25, -0.2) is 0 Å². The van der Waals surface area contributed by atoms with Crippen molar-refractivity contribution in [1.82, 2.24) is 10.2 Å². The molecule has 106 valence electrons. The molecule has 1 amide bonds. The normalized spacial score (nSPS) is 15.3. The van der Waals surface area contributed by atoms with Crippen LogP contribution in [0.1, 0.15) is 47.5 Å². The molecule has 0 aromatic carbocycles. The third-order valence-electron chi connectivity index (χ3n) is 3.65. The number of nitrogens with two attached hydrogens (primary N) is 1. The maximum Gasteiger partial charge on any atom is 0.254 e. The van der Waals surface area contributed by atoms with Crippen molar-refractivity contribution in [3.63, 3.8) is 0 Å². The molecule has 2 heterocycles. The van der Waals surface area contributed by atoms with E-state index in [1.165, 1.54) is 10.4 Å². The first kappa shape index (κ1) is 14.3. The van der Waals surface area contributed by atoms with Crippen LogP contribution < -0.4 is 11.1 Å². The maximum atomic E-state index is 12.2. The fourth-order valence-electron chi connectivity index (χ4n) is 2.46. The number of carbonyl (C=O) groups is 1. The fraction of sp³-hybridized carbons (Fsp3) is 0.643. The Morgan fingerprint density at radius 3 is 2.95 bits per heavy atom. The number of nitrogens with zero attached hydrogens (tertiary/aromatic N) is 1. The number of hydrogen-bond acceptors (Lipinski definition) is 4. The van der Waals surface area contributed by atoms with Crippen LogP contribution in [0.25, 0.3) is 0 Å². The average molecular weight is 281 g/mol. The van der Waals surface area contributed by atoms with Crippen LogP contribution in [0, 0.1) is 0 Å². The molecule has 0 atom stereocenters. The highest BCUT2D eigenvalue weighted by atomic mass is 32.1. The lowest BCUT2D eigenvalue weighted by atomic mass is 10.0. The molecule has 2 rings (SSSR count). The van der Waals surface area contributed by atoms with E-state index in [2.05, 4.69) is 24.1 Å². The summed E-state index contributed by atoms with van der Waals surface area (Å²) in [6, 6.07) is 0. The summed E-state index contributed by atoms with van der Waals surface area (Å²) in [6.45, 7) is 8.03. The zero-order chi connectivity index (χ0) is 13.8. The van der Waals surface area contributed by atoms with Crippen LogP contribution >= 0.6 is 11.3 Å². The van der Waals surface area contributed by atoms with Crippen molar-refractivity contribution in [3.8, 4) is 0 Å². The van der Waals surface area contributed by atoms with Gasteiger partial charge < -0.3 is 11.1 Å². The Morgan fingerprint density at radius 1 is 1.47 bits per heavy atom. The van der Waals surface area contributed by atoms with Gasteiger partial charge in [-0.05, 0) is 24.9 Å². The lowest BCUT2D eigenvalue weighted by Gasteiger charge is -2.25. The summed E-state index contributed by atoms with van der Waals surface area (Å²) < 4.78 is 0. The Balaban J connectivity index is 2.14. The quantitative estimate of drug-likeness (QED) is 0.814. The van der Waals surface area contributed by atoms with Crippen LogP contribution in [0.15, 0.2) is 0 Å². The highest BCUT2D eigenvalue weighted by molar-refractivity contribution is 7.16. The van der Waals surface area contributed by atoms with E-state index in [0.717, 1.165) is 51.0 Å². The second-order valence-electron chi connectivity index (χ2n) is 4.97. The van der Waals surface area contributed by atoms with E-state index in [4.69, 9.17) is 5.73 Å². The number of unbranched alkanes of at least 4 members (excludes halogenated alkanes) is 1.